The maximum atomic E-state index is 12.6. The molecule has 0 heterocycles. The number of nitrogens with one attached hydrogen (secondary N) is 1. The van der Waals surface area contributed by atoms with Gasteiger partial charge in [-0.15, -0.1) is 12.8 Å². The van der Waals surface area contributed by atoms with E-state index in [9.17, 15) is 4.79 Å². The Kier molecular flexibility index (Phi) is 9.80. The molecule has 0 radical (unpaired) electrons. The number of carbonyl (C=O) groups is 1. The predicted octanol–water partition coefficient (Wildman–Crippen LogP) is 3.39. The number of ether oxygens (including phenoxy) is 3. The standard InChI is InChI=1S/C24H24BrNO4/c1-4-14-29-21-11-8-19(16-22(21)28-3)12-13-26-24(27)23(30-15-5-2)17-18-6-9-20(25)10-7-18/h1-2,6-11,16,23H,12-15,17H2,3H3,(H,26,27)/t23-/m0/s1. The Morgan fingerprint density at radius 1 is 1.07 bits per heavy atom. The fraction of sp³-hybridized carbons (Fsp3) is 0.292. The number of benzene rings is 2. The summed E-state index contributed by atoms with van der Waals surface area (Å²) in [7, 11) is 1.57. The van der Waals surface area contributed by atoms with E-state index in [-0.39, 0.29) is 19.1 Å². The highest BCUT2D eigenvalue weighted by Crippen LogP contribution is 2.28. The van der Waals surface area contributed by atoms with Crippen molar-refractivity contribution in [1.82, 2.24) is 5.32 Å². The molecule has 0 saturated heterocycles. The maximum absolute atomic E-state index is 12.6. The minimum atomic E-state index is -0.656. The van der Waals surface area contributed by atoms with Gasteiger partial charge < -0.3 is 19.5 Å². The molecule has 0 aliphatic rings. The zero-order valence-electron chi connectivity index (χ0n) is 16.8. The maximum Gasteiger partial charge on any atom is 0.249 e. The Bertz CT molecular complexity index is 912. The summed E-state index contributed by atoms with van der Waals surface area (Å²) in [4.78, 5) is 12.6. The quantitative estimate of drug-likeness (QED) is 0.512. The summed E-state index contributed by atoms with van der Waals surface area (Å²) >= 11 is 3.40. The molecule has 30 heavy (non-hydrogen) atoms. The van der Waals surface area contributed by atoms with Gasteiger partial charge in [0.15, 0.2) is 11.5 Å². The Morgan fingerprint density at radius 3 is 2.43 bits per heavy atom. The second kappa shape index (κ2) is 12.6. The minimum Gasteiger partial charge on any atom is -0.493 e. The van der Waals surface area contributed by atoms with Crippen molar-refractivity contribution in [2.45, 2.75) is 18.9 Å². The highest BCUT2D eigenvalue weighted by Gasteiger charge is 2.19. The van der Waals surface area contributed by atoms with E-state index in [2.05, 4.69) is 33.1 Å². The van der Waals surface area contributed by atoms with Gasteiger partial charge in [-0.05, 0) is 41.8 Å². The van der Waals surface area contributed by atoms with E-state index in [4.69, 9.17) is 27.1 Å². The summed E-state index contributed by atoms with van der Waals surface area (Å²) < 4.78 is 17.3. The van der Waals surface area contributed by atoms with E-state index >= 15 is 0 Å². The van der Waals surface area contributed by atoms with E-state index in [0.29, 0.717) is 30.9 Å². The van der Waals surface area contributed by atoms with Crippen molar-refractivity contribution < 1.29 is 19.0 Å². The van der Waals surface area contributed by atoms with E-state index in [0.717, 1.165) is 15.6 Å². The summed E-state index contributed by atoms with van der Waals surface area (Å²) in [6.45, 7) is 0.691. The zero-order chi connectivity index (χ0) is 21.8. The van der Waals surface area contributed by atoms with Crippen LogP contribution >= 0.6 is 15.9 Å². The highest BCUT2D eigenvalue weighted by molar-refractivity contribution is 9.10. The van der Waals surface area contributed by atoms with Gasteiger partial charge in [0.2, 0.25) is 5.91 Å². The van der Waals surface area contributed by atoms with E-state index in [1.165, 1.54) is 0 Å². The molecule has 0 unspecified atom stereocenters. The van der Waals surface area contributed by atoms with Gasteiger partial charge in [-0.3, -0.25) is 4.79 Å². The molecule has 6 heteroatoms. The Hall–Kier alpha value is -2.93. The summed E-state index contributed by atoms with van der Waals surface area (Å²) in [5.41, 5.74) is 1.98. The van der Waals surface area contributed by atoms with Gasteiger partial charge in [-0.1, -0.05) is 46.0 Å². The number of terminal acetylenes is 2. The van der Waals surface area contributed by atoms with Crippen LogP contribution in [0.5, 0.6) is 11.5 Å². The molecule has 0 bridgehead atoms. The normalized spacial score (nSPS) is 11.1. The third kappa shape index (κ3) is 7.48. The molecule has 1 atom stereocenters. The zero-order valence-corrected chi connectivity index (χ0v) is 18.4. The molecular weight excluding hydrogens is 446 g/mol. The largest absolute Gasteiger partial charge is 0.493 e. The first-order chi connectivity index (χ1) is 14.6. The molecule has 0 fully saturated rings. The molecular formula is C24H24BrNO4. The van der Waals surface area contributed by atoms with Crippen LogP contribution in [0.3, 0.4) is 0 Å². The van der Waals surface area contributed by atoms with E-state index in [1.807, 2.05) is 36.4 Å². The second-order valence-corrected chi connectivity index (χ2v) is 7.27. The fourth-order valence-corrected chi connectivity index (χ4v) is 3.02. The van der Waals surface area contributed by atoms with Crippen LogP contribution < -0.4 is 14.8 Å². The van der Waals surface area contributed by atoms with Crippen LogP contribution in [0.15, 0.2) is 46.9 Å². The lowest BCUT2D eigenvalue weighted by Gasteiger charge is -2.17. The van der Waals surface area contributed by atoms with Crippen molar-refractivity contribution in [2.24, 2.45) is 0 Å². The van der Waals surface area contributed by atoms with Gasteiger partial charge in [0, 0.05) is 17.4 Å². The Balaban J connectivity index is 1.93. The minimum absolute atomic E-state index is 0.0743. The van der Waals surface area contributed by atoms with Crippen molar-refractivity contribution in [3.63, 3.8) is 0 Å². The first-order valence-electron chi connectivity index (χ1n) is 9.37. The summed E-state index contributed by atoms with van der Waals surface area (Å²) in [5.74, 6) is 5.82. The summed E-state index contributed by atoms with van der Waals surface area (Å²) in [5, 5.41) is 2.92. The predicted molar refractivity (Wildman–Crippen MR) is 120 cm³/mol. The van der Waals surface area contributed by atoms with E-state index in [1.54, 1.807) is 13.2 Å². The van der Waals surface area contributed by atoms with Crippen LogP contribution in [0.4, 0.5) is 0 Å². The number of hydrogen-bond donors (Lipinski definition) is 1. The van der Waals surface area contributed by atoms with Crippen LogP contribution in [0, 0.1) is 24.7 Å². The van der Waals surface area contributed by atoms with Crippen LogP contribution in [0.25, 0.3) is 0 Å². The molecule has 0 saturated carbocycles. The van der Waals surface area contributed by atoms with Gasteiger partial charge in [0.1, 0.15) is 19.3 Å². The lowest BCUT2D eigenvalue weighted by atomic mass is 10.1. The van der Waals surface area contributed by atoms with Crippen LogP contribution in [0.1, 0.15) is 11.1 Å². The van der Waals surface area contributed by atoms with Crippen molar-refractivity contribution in [2.75, 3.05) is 26.9 Å². The van der Waals surface area contributed by atoms with Crippen LogP contribution in [-0.2, 0) is 22.4 Å². The topological polar surface area (TPSA) is 56.8 Å². The Morgan fingerprint density at radius 2 is 1.77 bits per heavy atom. The smallest absolute Gasteiger partial charge is 0.249 e. The van der Waals surface area contributed by atoms with Gasteiger partial charge in [0.25, 0.3) is 0 Å². The van der Waals surface area contributed by atoms with Crippen molar-refractivity contribution in [3.8, 4) is 36.2 Å². The number of methoxy groups -OCH3 is 1. The molecule has 0 aliphatic heterocycles. The monoisotopic (exact) mass is 469 g/mol. The van der Waals surface area contributed by atoms with Gasteiger partial charge in [-0.2, -0.15) is 0 Å². The molecule has 2 rings (SSSR count). The number of carbonyl (C=O) groups excluding carboxylic acids is 1. The fourth-order valence-electron chi connectivity index (χ4n) is 2.76. The molecule has 0 aromatic heterocycles. The lowest BCUT2D eigenvalue weighted by molar-refractivity contribution is -0.131. The number of halogens is 1. The second-order valence-electron chi connectivity index (χ2n) is 6.35. The van der Waals surface area contributed by atoms with Crippen molar-refractivity contribution in [1.29, 1.82) is 0 Å². The van der Waals surface area contributed by atoms with Crippen molar-refractivity contribution >= 4 is 21.8 Å². The van der Waals surface area contributed by atoms with E-state index < -0.39 is 6.10 Å². The molecule has 1 N–H and O–H groups in total. The van der Waals surface area contributed by atoms with Crippen LogP contribution in [0.2, 0.25) is 0 Å². The molecule has 0 aliphatic carbocycles. The lowest BCUT2D eigenvalue weighted by Crippen LogP contribution is -2.39. The molecule has 1 amide bonds. The van der Waals surface area contributed by atoms with Crippen molar-refractivity contribution in [3.05, 3.63) is 58.1 Å². The molecule has 0 spiro atoms. The first-order valence-corrected chi connectivity index (χ1v) is 10.2. The van der Waals surface area contributed by atoms with Gasteiger partial charge in [-0.25, -0.2) is 0 Å². The van der Waals surface area contributed by atoms with Crippen LogP contribution in [-0.4, -0.2) is 38.9 Å². The molecule has 2 aromatic carbocycles. The summed E-state index contributed by atoms with van der Waals surface area (Å²) in [6.07, 6.45) is 10.9. The Labute approximate surface area is 186 Å². The molecule has 156 valence electrons. The third-order valence-corrected chi connectivity index (χ3v) is 4.78. The number of hydrogen-bond acceptors (Lipinski definition) is 4. The summed E-state index contributed by atoms with van der Waals surface area (Å²) in [6, 6.07) is 13.3. The average Bonchev–Trinajstić information content (AvgIpc) is 2.76. The number of rotatable bonds is 11. The first kappa shape index (κ1) is 23.3. The van der Waals surface area contributed by atoms with Gasteiger partial charge >= 0.3 is 0 Å². The number of amides is 1. The average molecular weight is 470 g/mol. The third-order valence-electron chi connectivity index (χ3n) is 4.25. The SMILES string of the molecule is C#CCOc1ccc(CCNC(=O)[C@H](Cc2ccc(Br)cc2)OCC#C)cc1OC. The highest BCUT2D eigenvalue weighted by atomic mass is 79.9. The molecule has 5 nitrogen and oxygen atoms in total. The molecule has 2 aromatic rings. The van der Waals surface area contributed by atoms with Gasteiger partial charge in [0.05, 0.1) is 7.11 Å².